The highest BCUT2D eigenvalue weighted by Crippen LogP contribution is 2.34. The Bertz CT molecular complexity index is 829. The van der Waals surface area contributed by atoms with Crippen LogP contribution in [-0.2, 0) is 0 Å². The third kappa shape index (κ3) is 4.17. The van der Waals surface area contributed by atoms with Gasteiger partial charge in [0.25, 0.3) is 5.91 Å². The first-order valence-electron chi connectivity index (χ1n) is 9.81. The molecule has 2 aromatic rings. The summed E-state index contributed by atoms with van der Waals surface area (Å²) in [4.78, 5) is 14.9. The third-order valence-corrected chi connectivity index (χ3v) is 5.99. The molecule has 0 aliphatic carbocycles. The fourth-order valence-electron chi connectivity index (χ4n) is 4.41. The summed E-state index contributed by atoms with van der Waals surface area (Å²) in [7, 11) is 0. The summed E-state index contributed by atoms with van der Waals surface area (Å²) >= 11 is 5.72. The van der Waals surface area contributed by atoms with Gasteiger partial charge in [0, 0.05) is 29.4 Å². The first kappa shape index (κ1) is 18.9. The van der Waals surface area contributed by atoms with Crippen molar-refractivity contribution in [1.82, 2.24) is 10.2 Å². The van der Waals surface area contributed by atoms with Crippen LogP contribution in [0.5, 0.6) is 0 Å². The lowest BCUT2D eigenvalue weighted by Crippen LogP contribution is -2.59. The van der Waals surface area contributed by atoms with E-state index in [9.17, 15) is 9.18 Å². The number of anilines is 1. The van der Waals surface area contributed by atoms with Crippen LogP contribution >= 0.6 is 12.2 Å². The van der Waals surface area contributed by atoms with Crippen molar-refractivity contribution >= 4 is 28.9 Å². The van der Waals surface area contributed by atoms with Gasteiger partial charge in [-0.05, 0) is 80.7 Å². The summed E-state index contributed by atoms with van der Waals surface area (Å²) in [6, 6.07) is 16.5. The monoisotopic (exact) mass is 397 g/mol. The molecule has 2 saturated heterocycles. The normalized spacial score (nSPS) is 23.8. The van der Waals surface area contributed by atoms with Gasteiger partial charge in [0.15, 0.2) is 5.11 Å². The number of amides is 1. The minimum Gasteiger partial charge on any atom is -0.349 e. The van der Waals surface area contributed by atoms with E-state index in [1.165, 1.54) is 30.7 Å². The number of carbonyl (C=O) groups excluding carboxylic acids is 1. The number of benzene rings is 2. The van der Waals surface area contributed by atoms with E-state index in [1.807, 2.05) is 30.3 Å². The number of thiocarbonyl (C=S) groups is 1. The van der Waals surface area contributed by atoms with Gasteiger partial charge in [-0.3, -0.25) is 4.79 Å². The van der Waals surface area contributed by atoms with Gasteiger partial charge in [-0.2, -0.15) is 0 Å². The van der Waals surface area contributed by atoms with E-state index in [0.29, 0.717) is 17.6 Å². The quantitative estimate of drug-likeness (QED) is 0.757. The van der Waals surface area contributed by atoms with Crippen molar-refractivity contribution in [3.63, 3.8) is 0 Å². The Morgan fingerprint density at radius 3 is 2.29 bits per heavy atom. The van der Waals surface area contributed by atoms with Crippen molar-refractivity contribution in [3.8, 4) is 0 Å². The molecule has 4 nitrogen and oxygen atoms in total. The Labute approximate surface area is 170 Å². The molecule has 0 saturated carbocycles. The van der Waals surface area contributed by atoms with E-state index >= 15 is 0 Å². The molecule has 146 valence electrons. The average molecular weight is 398 g/mol. The van der Waals surface area contributed by atoms with Crippen LogP contribution in [0.25, 0.3) is 0 Å². The summed E-state index contributed by atoms with van der Waals surface area (Å²) in [5, 5.41) is 7.27. The van der Waals surface area contributed by atoms with Crippen molar-refractivity contribution in [1.29, 1.82) is 0 Å². The Morgan fingerprint density at radius 2 is 1.64 bits per heavy atom. The molecule has 2 unspecified atom stereocenters. The SMILES string of the molecule is O=C(NC1CC2CCCC(C1)N2C(=S)Nc1ccccc1)c1ccc(F)cc1. The molecule has 2 bridgehead atoms. The highest BCUT2D eigenvalue weighted by atomic mass is 32.1. The van der Waals surface area contributed by atoms with E-state index < -0.39 is 0 Å². The van der Waals surface area contributed by atoms with E-state index in [-0.39, 0.29) is 17.8 Å². The van der Waals surface area contributed by atoms with Crippen LogP contribution in [0, 0.1) is 5.82 Å². The van der Waals surface area contributed by atoms with Gasteiger partial charge in [0.1, 0.15) is 5.82 Å². The number of halogens is 1. The second-order valence-corrected chi connectivity index (χ2v) is 7.98. The maximum Gasteiger partial charge on any atom is 0.251 e. The zero-order valence-electron chi connectivity index (χ0n) is 15.6. The van der Waals surface area contributed by atoms with Gasteiger partial charge in [-0.15, -0.1) is 0 Å². The molecule has 2 aromatic carbocycles. The minimum atomic E-state index is -0.334. The number of para-hydroxylation sites is 1. The van der Waals surface area contributed by atoms with Crippen LogP contribution < -0.4 is 10.6 Å². The number of nitrogens with zero attached hydrogens (tertiary/aromatic N) is 1. The second kappa shape index (κ2) is 8.27. The van der Waals surface area contributed by atoms with E-state index in [2.05, 4.69) is 15.5 Å². The first-order valence-corrected chi connectivity index (χ1v) is 10.2. The van der Waals surface area contributed by atoms with Crippen molar-refractivity contribution < 1.29 is 9.18 Å². The van der Waals surface area contributed by atoms with Crippen LogP contribution in [0.4, 0.5) is 10.1 Å². The predicted octanol–water partition coefficient (Wildman–Crippen LogP) is 4.34. The highest BCUT2D eigenvalue weighted by Gasteiger charge is 2.40. The summed E-state index contributed by atoms with van der Waals surface area (Å²) in [5.74, 6) is -0.472. The molecule has 2 N–H and O–H groups in total. The molecule has 6 heteroatoms. The standard InChI is InChI=1S/C22H24FN3OS/c23-16-11-9-15(10-12-16)21(27)24-18-13-19-7-4-8-20(14-18)26(19)22(28)25-17-5-2-1-3-6-17/h1-3,5-6,9-12,18-20H,4,7-8,13-14H2,(H,24,27)(H,25,28). The van der Waals surface area contributed by atoms with Gasteiger partial charge in [-0.1, -0.05) is 18.2 Å². The van der Waals surface area contributed by atoms with Crippen LogP contribution in [0.15, 0.2) is 54.6 Å². The Kier molecular flexibility index (Phi) is 5.57. The summed E-state index contributed by atoms with van der Waals surface area (Å²) < 4.78 is 13.1. The fourth-order valence-corrected chi connectivity index (χ4v) is 4.83. The molecule has 0 spiro atoms. The molecule has 1 amide bonds. The summed E-state index contributed by atoms with van der Waals surface area (Å²) in [6.07, 6.45) is 5.10. The van der Waals surface area contributed by atoms with Gasteiger partial charge in [0.05, 0.1) is 0 Å². The molecular weight excluding hydrogens is 373 g/mol. The summed E-state index contributed by atoms with van der Waals surface area (Å²) in [6.45, 7) is 0. The van der Waals surface area contributed by atoms with Crippen LogP contribution in [0.2, 0.25) is 0 Å². The molecule has 28 heavy (non-hydrogen) atoms. The zero-order chi connectivity index (χ0) is 19.5. The van der Waals surface area contributed by atoms with Crippen molar-refractivity contribution in [2.24, 2.45) is 0 Å². The first-order chi connectivity index (χ1) is 13.6. The molecule has 2 heterocycles. The predicted molar refractivity (Wildman–Crippen MR) is 113 cm³/mol. The van der Waals surface area contributed by atoms with Crippen LogP contribution in [0.1, 0.15) is 42.5 Å². The molecule has 2 atom stereocenters. The van der Waals surface area contributed by atoms with Crippen molar-refractivity contribution in [2.45, 2.75) is 50.2 Å². The molecule has 0 aromatic heterocycles. The van der Waals surface area contributed by atoms with E-state index in [4.69, 9.17) is 12.2 Å². The Hall–Kier alpha value is -2.47. The third-order valence-electron chi connectivity index (χ3n) is 5.68. The van der Waals surface area contributed by atoms with Gasteiger partial charge in [-0.25, -0.2) is 4.39 Å². The molecule has 2 aliphatic heterocycles. The van der Waals surface area contributed by atoms with Gasteiger partial charge in [0.2, 0.25) is 0 Å². The van der Waals surface area contributed by atoms with E-state index in [0.717, 1.165) is 36.5 Å². The van der Waals surface area contributed by atoms with Crippen LogP contribution in [-0.4, -0.2) is 34.0 Å². The number of hydrogen-bond acceptors (Lipinski definition) is 2. The van der Waals surface area contributed by atoms with E-state index in [1.54, 1.807) is 0 Å². The second-order valence-electron chi connectivity index (χ2n) is 7.59. The smallest absolute Gasteiger partial charge is 0.251 e. The minimum absolute atomic E-state index is 0.114. The van der Waals surface area contributed by atoms with Crippen molar-refractivity contribution in [2.75, 3.05) is 5.32 Å². The molecule has 0 radical (unpaired) electrons. The Balaban J connectivity index is 1.41. The van der Waals surface area contributed by atoms with Crippen molar-refractivity contribution in [3.05, 3.63) is 66.0 Å². The highest BCUT2D eigenvalue weighted by molar-refractivity contribution is 7.80. The topological polar surface area (TPSA) is 44.4 Å². The lowest BCUT2D eigenvalue weighted by Gasteiger charge is -2.50. The Morgan fingerprint density at radius 1 is 1.00 bits per heavy atom. The molecule has 2 fully saturated rings. The van der Waals surface area contributed by atoms with Gasteiger partial charge >= 0.3 is 0 Å². The number of carbonyl (C=O) groups is 1. The number of nitrogens with one attached hydrogen (secondary N) is 2. The average Bonchev–Trinajstić information content (AvgIpc) is 2.68. The lowest BCUT2D eigenvalue weighted by atomic mass is 9.82. The number of piperidine rings is 2. The maximum atomic E-state index is 13.1. The number of rotatable bonds is 3. The van der Waals surface area contributed by atoms with Crippen LogP contribution in [0.3, 0.4) is 0 Å². The molecular formula is C22H24FN3OS. The fraction of sp³-hybridized carbons (Fsp3) is 0.364. The number of fused-ring (bicyclic) bond motifs is 2. The molecule has 4 rings (SSSR count). The number of hydrogen-bond donors (Lipinski definition) is 2. The van der Waals surface area contributed by atoms with Gasteiger partial charge < -0.3 is 15.5 Å². The largest absolute Gasteiger partial charge is 0.349 e. The molecule has 2 aliphatic rings. The maximum absolute atomic E-state index is 13.1. The summed E-state index contributed by atoms with van der Waals surface area (Å²) in [5.41, 5.74) is 1.49. The lowest BCUT2D eigenvalue weighted by molar-refractivity contribution is 0.0755. The zero-order valence-corrected chi connectivity index (χ0v) is 16.4.